The van der Waals surface area contributed by atoms with Crippen molar-refractivity contribution in [1.82, 2.24) is 9.78 Å². The molecule has 1 N–H and O–H groups in total. The highest BCUT2D eigenvalue weighted by Crippen LogP contribution is 2.41. The molecule has 0 radical (unpaired) electrons. The molecule has 3 nitrogen and oxygen atoms in total. The van der Waals surface area contributed by atoms with E-state index in [2.05, 4.69) is 5.10 Å². The molecule has 90 valence electrons. The van der Waals surface area contributed by atoms with Crippen LogP contribution in [0.4, 0.5) is 8.78 Å². The van der Waals surface area contributed by atoms with Crippen LogP contribution in [0.25, 0.3) is 0 Å². The maximum absolute atomic E-state index is 13.0. The van der Waals surface area contributed by atoms with Crippen molar-refractivity contribution in [2.24, 2.45) is 13.0 Å². The number of rotatable bonds is 2. The van der Waals surface area contributed by atoms with Crippen molar-refractivity contribution in [2.45, 2.75) is 37.7 Å². The number of alkyl halides is 2. The second-order valence-corrected chi connectivity index (χ2v) is 4.52. The van der Waals surface area contributed by atoms with Crippen molar-refractivity contribution in [1.29, 1.82) is 0 Å². The predicted molar refractivity (Wildman–Crippen MR) is 55.1 cm³/mol. The van der Waals surface area contributed by atoms with Crippen molar-refractivity contribution < 1.29 is 13.9 Å². The molecule has 1 fully saturated rings. The monoisotopic (exact) mass is 230 g/mol. The summed E-state index contributed by atoms with van der Waals surface area (Å²) in [5.41, 5.74) is 0.704. The van der Waals surface area contributed by atoms with Crippen molar-refractivity contribution in [3.63, 3.8) is 0 Å². The number of halogens is 2. The van der Waals surface area contributed by atoms with Crippen LogP contribution in [0.3, 0.4) is 0 Å². The normalized spacial score (nSPS) is 23.2. The molecule has 16 heavy (non-hydrogen) atoms. The molecule has 0 aromatic carbocycles. The molecule has 0 saturated heterocycles. The number of aryl methyl sites for hydroxylation is 1. The molecular formula is C11H16F2N2O. The molecule has 1 aliphatic rings. The largest absolute Gasteiger partial charge is 0.387 e. The molecule has 0 aliphatic heterocycles. The Morgan fingerprint density at radius 1 is 1.50 bits per heavy atom. The molecule has 1 atom stereocenters. The van der Waals surface area contributed by atoms with E-state index in [1.807, 2.05) is 0 Å². The molecule has 1 aliphatic carbocycles. The van der Waals surface area contributed by atoms with Crippen molar-refractivity contribution in [3.8, 4) is 0 Å². The summed E-state index contributed by atoms with van der Waals surface area (Å²) < 4.78 is 27.5. The SMILES string of the molecule is Cn1nccc1C(O)C1CCC(F)(F)CC1. The van der Waals surface area contributed by atoms with Crippen LogP contribution in [-0.4, -0.2) is 20.8 Å². The number of aromatic nitrogens is 2. The highest BCUT2D eigenvalue weighted by Gasteiger charge is 2.38. The lowest BCUT2D eigenvalue weighted by Gasteiger charge is -2.31. The number of hydrogen-bond donors (Lipinski definition) is 1. The molecule has 1 heterocycles. The smallest absolute Gasteiger partial charge is 0.248 e. The average molecular weight is 230 g/mol. The third-order valence-electron chi connectivity index (χ3n) is 3.37. The molecule has 1 unspecified atom stereocenters. The third kappa shape index (κ3) is 2.24. The topological polar surface area (TPSA) is 38.0 Å². The molecular weight excluding hydrogens is 214 g/mol. The number of aliphatic hydroxyl groups is 1. The van der Waals surface area contributed by atoms with Crippen LogP contribution in [0.5, 0.6) is 0 Å². The summed E-state index contributed by atoms with van der Waals surface area (Å²) in [6.45, 7) is 0. The van der Waals surface area contributed by atoms with E-state index in [0.29, 0.717) is 18.5 Å². The van der Waals surface area contributed by atoms with Gasteiger partial charge in [-0.2, -0.15) is 5.10 Å². The molecule has 5 heteroatoms. The summed E-state index contributed by atoms with van der Waals surface area (Å²) in [4.78, 5) is 0. The van der Waals surface area contributed by atoms with Crippen LogP contribution in [0.15, 0.2) is 12.3 Å². The standard InChI is InChI=1S/C11H16F2N2O/c1-15-9(4-7-14-15)10(16)8-2-5-11(12,13)6-3-8/h4,7-8,10,16H,2-3,5-6H2,1H3. The highest BCUT2D eigenvalue weighted by molar-refractivity contribution is 5.06. The van der Waals surface area contributed by atoms with Gasteiger partial charge >= 0.3 is 0 Å². The first-order valence-electron chi connectivity index (χ1n) is 5.53. The van der Waals surface area contributed by atoms with E-state index < -0.39 is 12.0 Å². The quantitative estimate of drug-likeness (QED) is 0.846. The molecule has 1 aromatic heterocycles. The number of nitrogens with zero attached hydrogens (tertiary/aromatic N) is 2. The Kier molecular flexibility index (Phi) is 2.97. The Balaban J connectivity index is 2.02. The van der Waals surface area contributed by atoms with Gasteiger partial charge in [-0.1, -0.05) is 0 Å². The summed E-state index contributed by atoms with van der Waals surface area (Å²) in [7, 11) is 1.75. The van der Waals surface area contributed by atoms with Crippen LogP contribution >= 0.6 is 0 Å². The van der Waals surface area contributed by atoms with Gasteiger partial charge in [0.15, 0.2) is 0 Å². The highest BCUT2D eigenvalue weighted by atomic mass is 19.3. The Bertz CT molecular complexity index is 355. The molecule has 1 saturated carbocycles. The minimum Gasteiger partial charge on any atom is -0.387 e. The molecule has 0 spiro atoms. The van der Waals surface area contributed by atoms with Crippen molar-refractivity contribution in [3.05, 3.63) is 18.0 Å². The first kappa shape index (κ1) is 11.5. The van der Waals surface area contributed by atoms with Crippen molar-refractivity contribution in [2.75, 3.05) is 0 Å². The summed E-state index contributed by atoms with van der Waals surface area (Å²) >= 11 is 0. The fraction of sp³-hybridized carbons (Fsp3) is 0.727. The predicted octanol–water partition coefficient (Wildman–Crippen LogP) is 2.28. The van der Waals surface area contributed by atoms with Crippen LogP contribution < -0.4 is 0 Å². The van der Waals surface area contributed by atoms with Crippen molar-refractivity contribution >= 4 is 0 Å². The summed E-state index contributed by atoms with van der Waals surface area (Å²) in [5.74, 6) is -2.61. The molecule has 2 rings (SSSR count). The molecule has 0 amide bonds. The average Bonchev–Trinajstić information content (AvgIpc) is 2.63. The van der Waals surface area contributed by atoms with Crippen LogP contribution in [0.1, 0.15) is 37.5 Å². The second-order valence-electron chi connectivity index (χ2n) is 4.52. The third-order valence-corrected chi connectivity index (χ3v) is 3.37. The van der Waals surface area contributed by atoms with E-state index in [1.54, 1.807) is 24.0 Å². The van der Waals surface area contributed by atoms with Crippen LogP contribution in [-0.2, 0) is 7.05 Å². The van der Waals surface area contributed by atoms with Gasteiger partial charge in [0, 0.05) is 26.1 Å². The van der Waals surface area contributed by atoms with Gasteiger partial charge in [0.25, 0.3) is 0 Å². The first-order chi connectivity index (χ1) is 7.49. The van der Waals surface area contributed by atoms with Gasteiger partial charge < -0.3 is 5.11 Å². The summed E-state index contributed by atoms with van der Waals surface area (Å²) in [6.07, 6.45) is 1.44. The second kappa shape index (κ2) is 4.13. The van der Waals surface area contributed by atoms with Crippen LogP contribution in [0, 0.1) is 5.92 Å². The maximum Gasteiger partial charge on any atom is 0.248 e. The zero-order valence-electron chi connectivity index (χ0n) is 9.24. The Labute approximate surface area is 93.1 Å². The summed E-state index contributed by atoms with van der Waals surface area (Å²) in [5, 5.41) is 14.0. The van der Waals surface area contributed by atoms with E-state index in [4.69, 9.17) is 0 Å². The zero-order chi connectivity index (χ0) is 11.8. The lowest BCUT2D eigenvalue weighted by atomic mass is 9.82. The zero-order valence-corrected chi connectivity index (χ0v) is 9.24. The lowest BCUT2D eigenvalue weighted by Crippen LogP contribution is -2.28. The van der Waals surface area contributed by atoms with Gasteiger partial charge in [0.2, 0.25) is 5.92 Å². The van der Waals surface area contributed by atoms with Gasteiger partial charge in [-0.25, -0.2) is 8.78 Å². The Morgan fingerprint density at radius 2 is 2.12 bits per heavy atom. The van der Waals surface area contributed by atoms with Gasteiger partial charge in [0.1, 0.15) is 0 Å². The van der Waals surface area contributed by atoms with E-state index in [1.165, 1.54) is 0 Å². The van der Waals surface area contributed by atoms with E-state index in [9.17, 15) is 13.9 Å². The fourth-order valence-corrected chi connectivity index (χ4v) is 2.29. The van der Waals surface area contributed by atoms with E-state index >= 15 is 0 Å². The molecule has 1 aromatic rings. The fourth-order valence-electron chi connectivity index (χ4n) is 2.29. The van der Waals surface area contributed by atoms with Crippen LogP contribution in [0.2, 0.25) is 0 Å². The summed E-state index contributed by atoms with van der Waals surface area (Å²) in [6, 6.07) is 1.73. The first-order valence-corrected chi connectivity index (χ1v) is 5.53. The number of aliphatic hydroxyl groups excluding tert-OH is 1. The van der Waals surface area contributed by atoms with E-state index in [0.717, 1.165) is 0 Å². The van der Waals surface area contributed by atoms with Gasteiger partial charge in [-0.3, -0.25) is 4.68 Å². The van der Waals surface area contributed by atoms with Gasteiger partial charge in [-0.15, -0.1) is 0 Å². The number of hydrogen-bond acceptors (Lipinski definition) is 2. The Morgan fingerprint density at radius 3 is 2.62 bits per heavy atom. The Hall–Kier alpha value is -0.970. The lowest BCUT2D eigenvalue weighted by molar-refractivity contribution is -0.0636. The van der Waals surface area contributed by atoms with E-state index in [-0.39, 0.29) is 18.8 Å². The minimum atomic E-state index is -2.54. The molecule has 0 bridgehead atoms. The van der Waals surface area contributed by atoms with Gasteiger partial charge in [0.05, 0.1) is 11.8 Å². The minimum absolute atomic E-state index is 0.0741. The maximum atomic E-state index is 13.0. The van der Waals surface area contributed by atoms with Gasteiger partial charge in [-0.05, 0) is 24.8 Å².